The van der Waals surface area contributed by atoms with Crippen LogP contribution in [0.25, 0.3) is 11.3 Å². The molecule has 2 aromatic rings. The molecule has 0 saturated carbocycles. The van der Waals surface area contributed by atoms with Crippen LogP contribution in [0, 0.1) is 5.82 Å². The molecule has 0 saturated heterocycles. The monoisotopic (exact) mass is 206 g/mol. The first-order chi connectivity index (χ1) is 7.16. The molecule has 76 valence electrons. The second-order valence-electron chi connectivity index (χ2n) is 2.96. The number of hydrogen-bond donors (Lipinski definition) is 2. The average Bonchev–Trinajstić information content (AvgIpc) is 2.68. The number of nitrogens with one attached hydrogen (secondary N) is 1. The first-order valence-electron chi connectivity index (χ1n) is 4.21. The second-order valence-corrected chi connectivity index (χ2v) is 2.96. The first-order valence-corrected chi connectivity index (χ1v) is 4.21. The summed E-state index contributed by atoms with van der Waals surface area (Å²) in [6.45, 7) is 0. The van der Waals surface area contributed by atoms with Crippen molar-refractivity contribution in [2.75, 3.05) is 0 Å². The van der Waals surface area contributed by atoms with E-state index in [2.05, 4.69) is 9.97 Å². The number of aromatic amines is 1. The third-order valence-corrected chi connectivity index (χ3v) is 1.93. The van der Waals surface area contributed by atoms with Gasteiger partial charge in [-0.25, -0.2) is 14.2 Å². The summed E-state index contributed by atoms with van der Waals surface area (Å²) in [5.74, 6) is -1.59. The molecular weight excluding hydrogens is 199 g/mol. The number of nitrogens with zero attached hydrogens (tertiary/aromatic N) is 1. The molecule has 1 heterocycles. The van der Waals surface area contributed by atoms with E-state index >= 15 is 0 Å². The third-order valence-electron chi connectivity index (χ3n) is 1.93. The number of hydrogen-bond acceptors (Lipinski definition) is 2. The molecule has 1 aromatic carbocycles. The Kier molecular flexibility index (Phi) is 2.21. The van der Waals surface area contributed by atoms with E-state index in [4.69, 9.17) is 5.11 Å². The lowest BCUT2D eigenvalue weighted by Crippen LogP contribution is -1.98. The minimum Gasteiger partial charge on any atom is -0.475 e. The van der Waals surface area contributed by atoms with E-state index in [1.165, 1.54) is 18.3 Å². The van der Waals surface area contributed by atoms with Gasteiger partial charge in [-0.3, -0.25) is 0 Å². The topological polar surface area (TPSA) is 66.0 Å². The lowest BCUT2D eigenvalue weighted by atomic mass is 10.2. The van der Waals surface area contributed by atoms with Crippen molar-refractivity contribution >= 4 is 5.97 Å². The van der Waals surface area contributed by atoms with Gasteiger partial charge < -0.3 is 10.1 Å². The van der Waals surface area contributed by atoms with Crippen LogP contribution in [0.3, 0.4) is 0 Å². The zero-order valence-corrected chi connectivity index (χ0v) is 7.57. The maximum atomic E-state index is 12.6. The largest absolute Gasteiger partial charge is 0.475 e. The molecule has 15 heavy (non-hydrogen) atoms. The molecule has 0 fully saturated rings. The number of carbonyl (C=O) groups is 1. The molecular formula is C10H7FN2O2. The van der Waals surface area contributed by atoms with E-state index in [1.807, 2.05) is 0 Å². The highest BCUT2D eigenvalue weighted by Crippen LogP contribution is 2.17. The summed E-state index contributed by atoms with van der Waals surface area (Å²) in [6, 6.07) is 5.70. The van der Waals surface area contributed by atoms with E-state index < -0.39 is 5.97 Å². The number of rotatable bonds is 2. The minimum atomic E-state index is -1.12. The van der Waals surface area contributed by atoms with E-state index in [-0.39, 0.29) is 11.6 Å². The molecule has 5 heteroatoms. The Bertz CT molecular complexity index is 490. The second kappa shape index (κ2) is 3.53. The smallest absolute Gasteiger partial charge is 0.371 e. The van der Waals surface area contributed by atoms with Gasteiger partial charge in [0.05, 0.1) is 11.9 Å². The Morgan fingerprint density at radius 1 is 1.33 bits per heavy atom. The molecule has 0 spiro atoms. The van der Waals surface area contributed by atoms with E-state index in [9.17, 15) is 9.18 Å². The van der Waals surface area contributed by atoms with Crippen molar-refractivity contribution in [2.24, 2.45) is 0 Å². The summed E-state index contributed by atoms with van der Waals surface area (Å²) in [4.78, 5) is 16.8. The predicted octanol–water partition coefficient (Wildman–Crippen LogP) is 1.91. The summed E-state index contributed by atoms with van der Waals surface area (Å²) < 4.78 is 12.6. The molecule has 0 unspecified atom stereocenters. The number of halogens is 1. The Morgan fingerprint density at radius 3 is 2.53 bits per heavy atom. The molecule has 1 aromatic heterocycles. The van der Waals surface area contributed by atoms with Crippen LogP contribution >= 0.6 is 0 Å². The van der Waals surface area contributed by atoms with Gasteiger partial charge in [-0.15, -0.1) is 0 Å². The Morgan fingerprint density at radius 2 is 2.00 bits per heavy atom. The fraction of sp³-hybridized carbons (Fsp3) is 0. The molecule has 2 N–H and O–H groups in total. The average molecular weight is 206 g/mol. The lowest BCUT2D eigenvalue weighted by molar-refractivity contribution is 0.0685. The van der Waals surface area contributed by atoms with Gasteiger partial charge in [0.2, 0.25) is 5.82 Å². The lowest BCUT2D eigenvalue weighted by Gasteiger charge is -1.95. The van der Waals surface area contributed by atoms with Crippen molar-refractivity contribution < 1.29 is 14.3 Å². The Balaban J connectivity index is 2.37. The summed E-state index contributed by atoms with van der Waals surface area (Å²) in [5.41, 5.74) is 1.24. The molecule has 0 aliphatic carbocycles. The maximum absolute atomic E-state index is 12.6. The molecule has 0 radical (unpaired) electrons. The number of carboxylic acid groups (broad SMARTS) is 1. The normalized spacial score (nSPS) is 10.2. The van der Waals surface area contributed by atoms with Gasteiger partial charge in [0.1, 0.15) is 5.82 Å². The molecule has 4 nitrogen and oxygen atoms in total. The number of aromatic nitrogens is 2. The van der Waals surface area contributed by atoms with Crippen LogP contribution < -0.4 is 0 Å². The van der Waals surface area contributed by atoms with Gasteiger partial charge in [-0.1, -0.05) is 0 Å². The van der Waals surface area contributed by atoms with Gasteiger partial charge in [-0.05, 0) is 29.8 Å². The minimum absolute atomic E-state index is 0.130. The number of H-pyrrole nitrogens is 1. The Hall–Kier alpha value is -2.17. The van der Waals surface area contributed by atoms with Gasteiger partial charge in [-0.2, -0.15) is 0 Å². The van der Waals surface area contributed by atoms with Crippen LogP contribution in [0.15, 0.2) is 30.5 Å². The van der Waals surface area contributed by atoms with Crippen molar-refractivity contribution in [3.8, 4) is 11.3 Å². The van der Waals surface area contributed by atoms with Crippen molar-refractivity contribution in [1.82, 2.24) is 9.97 Å². The SMILES string of the molecule is O=C(O)c1ncc(-c2ccc(F)cc2)[nH]1. The number of imidazole rings is 1. The fourth-order valence-corrected chi connectivity index (χ4v) is 1.21. The van der Waals surface area contributed by atoms with Gasteiger partial charge in [0.25, 0.3) is 0 Å². The van der Waals surface area contributed by atoms with Crippen LogP contribution in [0.5, 0.6) is 0 Å². The third kappa shape index (κ3) is 1.85. The maximum Gasteiger partial charge on any atom is 0.371 e. The highest BCUT2D eigenvalue weighted by molar-refractivity contribution is 5.84. The van der Waals surface area contributed by atoms with E-state index in [1.54, 1.807) is 12.1 Å². The molecule has 0 aliphatic rings. The van der Waals surface area contributed by atoms with Crippen LogP contribution in [-0.2, 0) is 0 Å². The summed E-state index contributed by atoms with van der Waals surface area (Å²) in [5, 5.41) is 8.64. The van der Waals surface area contributed by atoms with E-state index in [0.717, 1.165) is 0 Å². The van der Waals surface area contributed by atoms with Crippen LogP contribution in [-0.4, -0.2) is 21.0 Å². The quantitative estimate of drug-likeness (QED) is 0.788. The summed E-state index contributed by atoms with van der Waals surface area (Å²) in [6.07, 6.45) is 1.40. The standard InChI is InChI=1S/C10H7FN2O2/c11-7-3-1-6(2-4-7)8-5-12-9(13-8)10(14)15/h1-5H,(H,12,13)(H,14,15). The molecule has 0 atom stereocenters. The van der Waals surface area contributed by atoms with Crippen molar-refractivity contribution in [3.63, 3.8) is 0 Å². The van der Waals surface area contributed by atoms with Crippen molar-refractivity contribution in [3.05, 3.63) is 42.1 Å². The zero-order valence-electron chi connectivity index (χ0n) is 7.57. The molecule has 2 rings (SSSR count). The van der Waals surface area contributed by atoms with Crippen molar-refractivity contribution in [1.29, 1.82) is 0 Å². The van der Waals surface area contributed by atoms with E-state index in [0.29, 0.717) is 11.3 Å². The van der Waals surface area contributed by atoms with Crippen molar-refractivity contribution in [2.45, 2.75) is 0 Å². The van der Waals surface area contributed by atoms with Gasteiger partial charge >= 0.3 is 5.97 Å². The summed E-state index contributed by atoms with van der Waals surface area (Å²) in [7, 11) is 0. The number of carboxylic acids is 1. The zero-order chi connectivity index (χ0) is 10.8. The predicted molar refractivity (Wildman–Crippen MR) is 50.9 cm³/mol. The number of aromatic carboxylic acids is 1. The Labute approximate surface area is 84.4 Å². The highest BCUT2D eigenvalue weighted by Gasteiger charge is 2.08. The summed E-state index contributed by atoms with van der Waals surface area (Å²) >= 11 is 0. The first kappa shape index (κ1) is 9.39. The van der Waals surface area contributed by atoms with Gasteiger partial charge in [0, 0.05) is 0 Å². The fourth-order valence-electron chi connectivity index (χ4n) is 1.21. The molecule has 0 aliphatic heterocycles. The van der Waals surface area contributed by atoms with Crippen LogP contribution in [0.4, 0.5) is 4.39 Å². The number of benzene rings is 1. The molecule has 0 bridgehead atoms. The van der Waals surface area contributed by atoms with Crippen LogP contribution in [0.2, 0.25) is 0 Å². The molecule has 0 amide bonds. The highest BCUT2D eigenvalue weighted by atomic mass is 19.1. The van der Waals surface area contributed by atoms with Gasteiger partial charge in [0.15, 0.2) is 0 Å². The van der Waals surface area contributed by atoms with Crippen LogP contribution in [0.1, 0.15) is 10.6 Å².